The van der Waals surface area contributed by atoms with Crippen LogP contribution in [0.3, 0.4) is 0 Å². The monoisotopic (exact) mass is 394 g/mol. The zero-order valence-electron chi connectivity index (χ0n) is 13.0. The molecule has 2 aromatic rings. The van der Waals surface area contributed by atoms with Crippen molar-refractivity contribution >= 4 is 35.0 Å². The average molecular weight is 395 g/mol. The number of halogens is 4. The molecule has 1 amide bonds. The van der Waals surface area contributed by atoms with Crippen molar-refractivity contribution in [2.75, 3.05) is 24.8 Å². The quantitative estimate of drug-likeness (QED) is 0.729. The van der Waals surface area contributed by atoms with E-state index in [0.29, 0.717) is 18.3 Å². The summed E-state index contributed by atoms with van der Waals surface area (Å²) < 4.78 is 44.8. The van der Waals surface area contributed by atoms with Crippen molar-refractivity contribution in [2.45, 2.75) is 17.9 Å². The van der Waals surface area contributed by atoms with Gasteiger partial charge in [0.2, 0.25) is 5.91 Å². The maximum Gasteiger partial charge on any atom is 0.416 e. The Hall–Kier alpha value is -1.78. The van der Waals surface area contributed by atoms with Crippen LogP contribution < -0.4 is 5.32 Å². The SMILES string of the molecule is COCCn1cnnc1SCC(=O)Nc1cc(C(F)(F)F)ccc1Cl. The number of amides is 1. The van der Waals surface area contributed by atoms with Gasteiger partial charge in [-0.3, -0.25) is 4.79 Å². The highest BCUT2D eigenvalue weighted by atomic mass is 35.5. The number of hydrogen-bond acceptors (Lipinski definition) is 5. The molecule has 6 nitrogen and oxygen atoms in total. The summed E-state index contributed by atoms with van der Waals surface area (Å²) in [6, 6.07) is 2.74. The topological polar surface area (TPSA) is 69.0 Å². The number of rotatable bonds is 7. The van der Waals surface area contributed by atoms with Gasteiger partial charge in [-0.2, -0.15) is 13.2 Å². The van der Waals surface area contributed by atoms with E-state index in [1.165, 1.54) is 6.33 Å². The van der Waals surface area contributed by atoms with Gasteiger partial charge >= 0.3 is 6.18 Å². The van der Waals surface area contributed by atoms with E-state index in [1.54, 1.807) is 11.7 Å². The molecule has 0 aliphatic rings. The molecule has 0 radical (unpaired) electrons. The number of nitrogens with zero attached hydrogens (tertiary/aromatic N) is 3. The summed E-state index contributed by atoms with van der Waals surface area (Å²) in [5.41, 5.74) is -0.984. The highest BCUT2D eigenvalue weighted by Crippen LogP contribution is 2.33. The summed E-state index contributed by atoms with van der Waals surface area (Å²) in [5.74, 6) is -0.564. The average Bonchev–Trinajstić information content (AvgIpc) is 2.99. The molecule has 2 rings (SSSR count). The van der Waals surface area contributed by atoms with Gasteiger partial charge in [-0.05, 0) is 18.2 Å². The summed E-state index contributed by atoms with van der Waals surface area (Å²) in [6.07, 6.45) is -3.01. The highest BCUT2D eigenvalue weighted by Gasteiger charge is 2.31. The number of nitrogens with one attached hydrogen (secondary N) is 1. The molecule has 1 heterocycles. The molecule has 11 heteroatoms. The van der Waals surface area contributed by atoms with E-state index < -0.39 is 17.6 Å². The number of thioether (sulfide) groups is 1. The zero-order chi connectivity index (χ0) is 18.4. The minimum atomic E-state index is -4.52. The Labute approximate surface area is 150 Å². The number of methoxy groups -OCH3 is 1. The second-order valence-electron chi connectivity index (χ2n) is 4.83. The highest BCUT2D eigenvalue weighted by molar-refractivity contribution is 7.99. The predicted molar refractivity (Wildman–Crippen MR) is 87.7 cm³/mol. The maximum absolute atomic E-state index is 12.7. The molecule has 0 aliphatic heterocycles. The van der Waals surface area contributed by atoms with E-state index in [9.17, 15) is 18.0 Å². The predicted octanol–water partition coefficient (Wildman–Crippen LogP) is 3.33. The molecule has 0 atom stereocenters. The van der Waals surface area contributed by atoms with Crippen molar-refractivity contribution in [3.63, 3.8) is 0 Å². The largest absolute Gasteiger partial charge is 0.416 e. The molecule has 0 saturated heterocycles. The number of aromatic nitrogens is 3. The van der Waals surface area contributed by atoms with Crippen LogP contribution in [0.15, 0.2) is 29.7 Å². The second-order valence-corrected chi connectivity index (χ2v) is 6.18. The molecule has 0 unspecified atom stereocenters. The number of carbonyl (C=O) groups is 1. The molecule has 1 aromatic carbocycles. The second kappa shape index (κ2) is 8.54. The van der Waals surface area contributed by atoms with Crippen LogP contribution in [0.4, 0.5) is 18.9 Å². The zero-order valence-corrected chi connectivity index (χ0v) is 14.6. The molecule has 1 aromatic heterocycles. The summed E-state index contributed by atoms with van der Waals surface area (Å²) in [4.78, 5) is 12.0. The Morgan fingerprint density at radius 1 is 1.44 bits per heavy atom. The molecule has 0 saturated carbocycles. The first-order valence-corrected chi connectivity index (χ1v) is 8.33. The van der Waals surface area contributed by atoms with Gasteiger partial charge in [-0.25, -0.2) is 0 Å². The van der Waals surface area contributed by atoms with Crippen LogP contribution in [-0.4, -0.2) is 40.1 Å². The fourth-order valence-corrected chi connectivity index (χ4v) is 2.72. The lowest BCUT2D eigenvalue weighted by Gasteiger charge is -2.11. The van der Waals surface area contributed by atoms with Crippen molar-refractivity contribution < 1.29 is 22.7 Å². The van der Waals surface area contributed by atoms with Crippen molar-refractivity contribution in [1.29, 1.82) is 0 Å². The van der Waals surface area contributed by atoms with Gasteiger partial charge in [0.25, 0.3) is 0 Å². The minimum Gasteiger partial charge on any atom is -0.383 e. The first-order valence-electron chi connectivity index (χ1n) is 6.97. The lowest BCUT2D eigenvalue weighted by Crippen LogP contribution is -2.16. The van der Waals surface area contributed by atoms with E-state index in [-0.39, 0.29) is 16.5 Å². The molecular weight excluding hydrogens is 381 g/mol. The van der Waals surface area contributed by atoms with Crippen LogP contribution in [0.2, 0.25) is 5.02 Å². The van der Waals surface area contributed by atoms with Gasteiger partial charge in [0.05, 0.1) is 28.6 Å². The van der Waals surface area contributed by atoms with Crippen molar-refractivity contribution in [3.8, 4) is 0 Å². The van der Waals surface area contributed by atoms with Crippen LogP contribution in [0.25, 0.3) is 0 Å². The molecule has 136 valence electrons. The Morgan fingerprint density at radius 3 is 2.88 bits per heavy atom. The van der Waals surface area contributed by atoms with E-state index in [1.807, 2.05) is 0 Å². The van der Waals surface area contributed by atoms with Crippen molar-refractivity contribution in [3.05, 3.63) is 35.1 Å². The third-order valence-electron chi connectivity index (χ3n) is 3.02. The molecule has 0 bridgehead atoms. The molecule has 0 aliphatic carbocycles. The Kier molecular flexibility index (Phi) is 6.68. The normalized spacial score (nSPS) is 11.6. The van der Waals surface area contributed by atoms with E-state index >= 15 is 0 Å². The molecule has 25 heavy (non-hydrogen) atoms. The van der Waals surface area contributed by atoms with Crippen LogP contribution in [0.1, 0.15) is 5.56 Å². The van der Waals surface area contributed by atoms with Gasteiger partial charge < -0.3 is 14.6 Å². The minimum absolute atomic E-state index is 0.0228. The lowest BCUT2D eigenvalue weighted by molar-refractivity contribution is -0.137. The smallest absolute Gasteiger partial charge is 0.383 e. The third-order valence-corrected chi connectivity index (χ3v) is 4.33. The Bertz CT molecular complexity index is 739. The summed E-state index contributed by atoms with van der Waals surface area (Å²) >= 11 is 6.95. The van der Waals surface area contributed by atoms with Crippen LogP contribution in [-0.2, 0) is 22.3 Å². The molecule has 0 spiro atoms. The van der Waals surface area contributed by atoms with E-state index in [0.717, 1.165) is 30.0 Å². The van der Waals surface area contributed by atoms with Gasteiger partial charge in [0.1, 0.15) is 6.33 Å². The Morgan fingerprint density at radius 2 is 2.20 bits per heavy atom. The first kappa shape index (κ1) is 19.5. The maximum atomic E-state index is 12.7. The fourth-order valence-electron chi connectivity index (χ4n) is 1.81. The first-order chi connectivity index (χ1) is 11.8. The number of ether oxygens (including phenoxy) is 1. The number of alkyl halides is 3. The van der Waals surface area contributed by atoms with Gasteiger partial charge in [0, 0.05) is 13.7 Å². The van der Waals surface area contributed by atoms with Crippen LogP contribution >= 0.6 is 23.4 Å². The van der Waals surface area contributed by atoms with Gasteiger partial charge in [-0.1, -0.05) is 23.4 Å². The Balaban J connectivity index is 1.98. The van der Waals surface area contributed by atoms with Crippen molar-refractivity contribution in [2.24, 2.45) is 0 Å². The van der Waals surface area contributed by atoms with Crippen molar-refractivity contribution in [1.82, 2.24) is 14.8 Å². The third kappa shape index (κ3) is 5.62. The lowest BCUT2D eigenvalue weighted by atomic mass is 10.2. The van der Waals surface area contributed by atoms with Crippen LogP contribution in [0.5, 0.6) is 0 Å². The van der Waals surface area contributed by atoms with Gasteiger partial charge in [-0.15, -0.1) is 10.2 Å². The standard InChI is InChI=1S/C14H14ClF3N4O2S/c1-24-5-4-22-8-19-21-13(22)25-7-12(23)20-11-6-9(14(16,17)18)2-3-10(11)15/h2-3,6,8H,4-5,7H2,1H3,(H,20,23). The molecule has 1 N–H and O–H groups in total. The number of hydrogen-bond donors (Lipinski definition) is 1. The molecular formula is C14H14ClF3N4O2S. The number of carbonyl (C=O) groups excluding carboxylic acids is 1. The summed E-state index contributed by atoms with van der Waals surface area (Å²) in [6.45, 7) is 0.977. The fraction of sp³-hybridized carbons (Fsp3) is 0.357. The van der Waals surface area contributed by atoms with Gasteiger partial charge in [0.15, 0.2) is 5.16 Å². The van der Waals surface area contributed by atoms with Crippen LogP contribution in [0, 0.1) is 0 Å². The molecule has 0 fully saturated rings. The summed E-state index contributed by atoms with van der Waals surface area (Å²) in [5, 5.41) is 10.5. The van der Waals surface area contributed by atoms with E-state index in [2.05, 4.69) is 15.5 Å². The van der Waals surface area contributed by atoms with E-state index in [4.69, 9.17) is 16.3 Å². The number of anilines is 1. The number of benzene rings is 1. The summed E-state index contributed by atoms with van der Waals surface area (Å²) in [7, 11) is 1.56.